The van der Waals surface area contributed by atoms with Crippen LogP contribution in [0.5, 0.6) is 0 Å². The van der Waals surface area contributed by atoms with Gasteiger partial charge >= 0.3 is 5.97 Å². The first-order valence-electron chi connectivity index (χ1n) is 9.45. The molecule has 1 aromatic carbocycles. The minimum atomic E-state index is -0.512. The van der Waals surface area contributed by atoms with Crippen molar-refractivity contribution in [3.05, 3.63) is 29.3 Å². The summed E-state index contributed by atoms with van der Waals surface area (Å²) in [6.45, 7) is 10.6. The van der Waals surface area contributed by atoms with Gasteiger partial charge in [-0.25, -0.2) is 4.79 Å². The second kappa shape index (κ2) is 7.78. The summed E-state index contributed by atoms with van der Waals surface area (Å²) in [4.78, 5) is 25.5. The van der Waals surface area contributed by atoms with Gasteiger partial charge in [-0.05, 0) is 58.6 Å². The number of quaternary nitrogens is 1. The normalized spacial score (nSPS) is 23.4. The number of amides is 1. The lowest BCUT2D eigenvalue weighted by Crippen LogP contribution is -2.62. The molecule has 1 amide bonds. The highest BCUT2D eigenvalue weighted by Crippen LogP contribution is 2.27. The summed E-state index contributed by atoms with van der Waals surface area (Å²) in [5.74, 6) is -0.250. The van der Waals surface area contributed by atoms with Crippen molar-refractivity contribution in [3.8, 4) is 0 Å². The van der Waals surface area contributed by atoms with Gasteiger partial charge in [-0.1, -0.05) is 18.2 Å². The quantitative estimate of drug-likeness (QED) is 0.659. The Bertz CT molecular complexity index is 658. The number of nitrogens with one attached hydrogen (secondary N) is 1. The summed E-state index contributed by atoms with van der Waals surface area (Å²) < 4.78 is 5.91. The van der Waals surface area contributed by atoms with Crippen molar-refractivity contribution in [2.45, 2.75) is 65.5 Å². The molecule has 0 aromatic heterocycles. The number of para-hydroxylation sites is 1. The molecule has 0 spiro atoms. The smallest absolute Gasteiger partial charge is 0.362 e. The lowest BCUT2D eigenvalue weighted by Gasteiger charge is -2.43. The minimum absolute atomic E-state index is 0.00633. The fourth-order valence-electron chi connectivity index (χ4n) is 3.77. The molecule has 0 saturated carbocycles. The van der Waals surface area contributed by atoms with E-state index in [-0.39, 0.29) is 24.5 Å². The molecule has 0 aliphatic carbocycles. The Balaban J connectivity index is 2.16. The standard InChI is InChI=1S/C21H32N2O3/c1-15-10-9-11-16(2)19(15)22-20(25)17-12-7-8-13-23(17,6)14-18(24)26-21(3,4)5/h9-11,17H,7-8,12-14H2,1-6H3/p+1. The van der Waals surface area contributed by atoms with Crippen molar-refractivity contribution in [2.24, 2.45) is 0 Å². The average molecular weight is 362 g/mol. The molecule has 1 saturated heterocycles. The van der Waals surface area contributed by atoms with Crippen molar-refractivity contribution < 1.29 is 18.8 Å². The summed E-state index contributed by atoms with van der Waals surface area (Å²) in [6.07, 6.45) is 2.82. The lowest BCUT2D eigenvalue weighted by molar-refractivity contribution is -0.922. The first-order chi connectivity index (χ1) is 12.0. The number of esters is 1. The van der Waals surface area contributed by atoms with Crippen molar-refractivity contribution in [3.63, 3.8) is 0 Å². The number of hydrogen-bond donors (Lipinski definition) is 1. The molecule has 1 aliphatic heterocycles. The molecule has 26 heavy (non-hydrogen) atoms. The Morgan fingerprint density at radius 3 is 2.38 bits per heavy atom. The van der Waals surface area contributed by atoms with Gasteiger partial charge in [-0.3, -0.25) is 4.79 Å². The molecule has 1 N–H and O–H groups in total. The molecule has 1 fully saturated rings. The largest absolute Gasteiger partial charge is 0.456 e. The van der Waals surface area contributed by atoms with Gasteiger partial charge in [0.2, 0.25) is 0 Å². The van der Waals surface area contributed by atoms with Crippen molar-refractivity contribution in [1.82, 2.24) is 0 Å². The summed E-state index contributed by atoms with van der Waals surface area (Å²) in [7, 11) is 2.00. The first-order valence-corrected chi connectivity index (χ1v) is 9.45. The van der Waals surface area contributed by atoms with Crippen molar-refractivity contribution >= 4 is 17.6 Å². The SMILES string of the molecule is Cc1cccc(C)c1NC(=O)C1CCCC[N+]1(C)CC(=O)OC(C)(C)C. The fourth-order valence-corrected chi connectivity index (χ4v) is 3.77. The third-order valence-electron chi connectivity index (χ3n) is 5.09. The van der Waals surface area contributed by atoms with Crippen LogP contribution in [0.25, 0.3) is 0 Å². The van der Waals surface area contributed by atoms with Crippen LogP contribution in [0.4, 0.5) is 5.69 Å². The summed E-state index contributed by atoms with van der Waals surface area (Å²) in [6, 6.07) is 5.75. The minimum Gasteiger partial charge on any atom is -0.456 e. The third-order valence-corrected chi connectivity index (χ3v) is 5.09. The fraction of sp³-hybridized carbons (Fsp3) is 0.619. The van der Waals surface area contributed by atoms with Gasteiger partial charge in [0.25, 0.3) is 5.91 Å². The van der Waals surface area contributed by atoms with Crippen LogP contribution in [0.1, 0.15) is 51.2 Å². The molecule has 1 aliphatic rings. The Morgan fingerprint density at radius 1 is 1.19 bits per heavy atom. The Kier molecular flexibility index (Phi) is 6.12. The van der Waals surface area contributed by atoms with E-state index < -0.39 is 5.60 Å². The van der Waals surface area contributed by atoms with Crippen LogP contribution >= 0.6 is 0 Å². The van der Waals surface area contributed by atoms with Gasteiger partial charge in [0, 0.05) is 12.1 Å². The number of rotatable bonds is 4. The van der Waals surface area contributed by atoms with Crippen molar-refractivity contribution in [2.75, 3.05) is 25.5 Å². The van der Waals surface area contributed by atoms with E-state index in [1.54, 1.807) is 0 Å². The van der Waals surface area contributed by atoms with Gasteiger partial charge in [-0.15, -0.1) is 0 Å². The van der Waals surface area contributed by atoms with Crippen LogP contribution in [0.2, 0.25) is 0 Å². The zero-order valence-corrected chi connectivity index (χ0v) is 17.0. The monoisotopic (exact) mass is 361 g/mol. The van der Waals surface area contributed by atoms with Gasteiger partial charge in [-0.2, -0.15) is 0 Å². The van der Waals surface area contributed by atoms with Crippen LogP contribution in [0, 0.1) is 13.8 Å². The molecule has 0 radical (unpaired) electrons. The number of piperidine rings is 1. The molecule has 5 nitrogen and oxygen atoms in total. The van der Waals surface area contributed by atoms with Gasteiger partial charge in [0.05, 0.1) is 13.6 Å². The van der Waals surface area contributed by atoms with Crippen molar-refractivity contribution in [1.29, 1.82) is 0 Å². The molecule has 5 heteroatoms. The number of carbonyl (C=O) groups is 2. The van der Waals surface area contributed by atoms with Crippen LogP contribution in [-0.4, -0.2) is 48.1 Å². The average Bonchev–Trinajstić information content (AvgIpc) is 2.48. The molecular weight excluding hydrogens is 328 g/mol. The first kappa shape index (κ1) is 20.4. The second-order valence-corrected chi connectivity index (χ2v) is 8.72. The van der Waals surface area contributed by atoms with E-state index in [9.17, 15) is 9.59 Å². The van der Waals surface area contributed by atoms with E-state index in [4.69, 9.17) is 4.74 Å². The third kappa shape index (κ3) is 5.07. The lowest BCUT2D eigenvalue weighted by atomic mass is 9.97. The summed E-state index contributed by atoms with van der Waals surface area (Å²) >= 11 is 0. The highest BCUT2D eigenvalue weighted by Gasteiger charge is 2.43. The Labute approximate surface area is 157 Å². The number of benzene rings is 1. The maximum atomic E-state index is 13.1. The van der Waals surface area contributed by atoms with Crippen LogP contribution in [-0.2, 0) is 14.3 Å². The molecular formula is C21H33N2O3+. The number of anilines is 1. The summed E-state index contributed by atoms with van der Waals surface area (Å²) in [5.41, 5.74) is 2.47. The van der Waals surface area contributed by atoms with Crippen LogP contribution in [0.15, 0.2) is 18.2 Å². The Morgan fingerprint density at radius 2 is 1.81 bits per heavy atom. The zero-order chi connectivity index (χ0) is 19.5. The number of likely N-dealkylation sites (tertiary alicyclic amines) is 1. The van der Waals surface area contributed by atoms with Gasteiger partial charge in [0.15, 0.2) is 12.6 Å². The highest BCUT2D eigenvalue weighted by molar-refractivity contribution is 5.95. The number of nitrogens with zero attached hydrogens (tertiary/aromatic N) is 1. The van der Waals surface area contributed by atoms with Gasteiger partial charge in [0.1, 0.15) is 5.60 Å². The van der Waals surface area contributed by atoms with E-state index >= 15 is 0 Å². The van der Waals surface area contributed by atoms with Crippen LogP contribution < -0.4 is 5.32 Å². The van der Waals surface area contributed by atoms with Gasteiger partial charge < -0.3 is 14.5 Å². The highest BCUT2D eigenvalue weighted by atomic mass is 16.6. The summed E-state index contributed by atoms with van der Waals surface area (Å²) in [5, 5.41) is 3.12. The molecule has 2 atom stereocenters. The molecule has 2 rings (SSSR count). The second-order valence-electron chi connectivity index (χ2n) is 8.72. The molecule has 1 heterocycles. The number of aryl methyl sites for hydroxylation is 2. The zero-order valence-electron chi connectivity index (χ0n) is 17.0. The topological polar surface area (TPSA) is 55.4 Å². The predicted octanol–water partition coefficient (Wildman–Crippen LogP) is 3.58. The van der Waals surface area contributed by atoms with E-state index in [0.29, 0.717) is 4.48 Å². The number of ether oxygens (including phenoxy) is 1. The Hall–Kier alpha value is -1.88. The number of hydrogen-bond acceptors (Lipinski definition) is 3. The van der Waals surface area contributed by atoms with E-state index in [1.807, 2.05) is 59.9 Å². The van der Waals surface area contributed by atoms with Crippen LogP contribution in [0.3, 0.4) is 0 Å². The van der Waals surface area contributed by atoms with E-state index in [1.165, 1.54) is 0 Å². The molecule has 0 bridgehead atoms. The molecule has 144 valence electrons. The number of likely N-dealkylation sites (N-methyl/N-ethyl adjacent to an activating group) is 1. The molecule has 2 unspecified atom stereocenters. The predicted molar refractivity (Wildman–Crippen MR) is 104 cm³/mol. The van der Waals surface area contributed by atoms with E-state index in [2.05, 4.69) is 5.32 Å². The molecule has 1 aromatic rings. The maximum absolute atomic E-state index is 13.1. The maximum Gasteiger partial charge on any atom is 0.362 e. The number of carbonyl (C=O) groups excluding carboxylic acids is 2. The van der Waals surface area contributed by atoms with E-state index in [0.717, 1.165) is 42.6 Å².